The highest BCUT2D eigenvalue weighted by molar-refractivity contribution is 6.30. The van der Waals surface area contributed by atoms with Crippen molar-refractivity contribution in [3.05, 3.63) is 93.3 Å². The summed E-state index contributed by atoms with van der Waals surface area (Å²) in [5.74, 6) is -0.881. The third-order valence-electron chi connectivity index (χ3n) is 5.65. The van der Waals surface area contributed by atoms with Gasteiger partial charge in [0.2, 0.25) is 0 Å². The van der Waals surface area contributed by atoms with Gasteiger partial charge in [0.1, 0.15) is 0 Å². The van der Waals surface area contributed by atoms with E-state index in [-0.39, 0.29) is 0 Å². The Balaban J connectivity index is 1.64. The molecule has 3 aromatic rings. The lowest BCUT2D eigenvalue weighted by atomic mass is 10.1. The molecule has 2 aromatic carbocycles. The molecule has 3 rings (SSSR count). The van der Waals surface area contributed by atoms with E-state index in [0.29, 0.717) is 23.7 Å². The summed E-state index contributed by atoms with van der Waals surface area (Å²) < 4.78 is 2.07. The predicted molar refractivity (Wildman–Crippen MR) is 126 cm³/mol. The first-order valence-corrected chi connectivity index (χ1v) is 10.8. The Hall–Kier alpha value is -2.60. The molecule has 0 radical (unpaired) electrons. The number of aromatic carboxylic acids is 1. The van der Waals surface area contributed by atoms with Crippen LogP contribution in [0, 0.1) is 13.8 Å². The smallest absolute Gasteiger partial charge is 0.337 e. The Labute approximate surface area is 189 Å². The molecule has 0 aliphatic rings. The number of carboxylic acid groups (broad SMARTS) is 1. The van der Waals surface area contributed by atoms with Gasteiger partial charge in [0, 0.05) is 54.7 Å². The molecule has 0 saturated carbocycles. The average Bonchev–Trinajstić information content (AvgIpc) is 2.98. The van der Waals surface area contributed by atoms with Gasteiger partial charge >= 0.3 is 5.97 Å². The Bertz CT molecular complexity index is 1010. The van der Waals surface area contributed by atoms with Crippen molar-refractivity contribution in [2.45, 2.75) is 33.5 Å². The maximum atomic E-state index is 12.0. The van der Waals surface area contributed by atoms with Crippen LogP contribution in [0.25, 0.3) is 0 Å². The van der Waals surface area contributed by atoms with Crippen molar-refractivity contribution >= 4 is 17.6 Å². The fourth-order valence-electron chi connectivity index (χ4n) is 3.92. The third kappa shape index (κ3) is 5.97. The van der Waals surface area contributed by atoms with E-state index in [1.54, 1.807) is 0 Å². The first-order chi connectivity index (χ1) is 14.9. The molecule has 31 heavy (non-hydrogen) atoms. The molecular formula is C25H30ClN3O2. The van der Waals surface area contributed by atoms with Gasteiger partial charge < -0.3 is 19.9 Å². The molecule has 2 N–H and O–H groups in total. The highest BCUT2D eigenvalue weighted by atomic mass is 35.5. The largest absolute Gasteiger partial charge is 0.478 e. The van der Waals surface area contributed by atoms with E-state index in [9.17, 15) is 9.90 Å². The molecule has 0 bridgehead atoms. The third-order valence-corrected chi connectivity index (χ3v) is 5.90. The van der Waals surface area contributed by atoms with E-state index in [1.807, 2.05) is 44.2 Å². The van der Waals surface area contributed by atoms with Crippen molar-refractivity contribution in [2.75, 3.05) is 20.1 Å². The number of nitrogens with zero attached hydrogens (tertiary/aromatic N) is 2. The van der Waals surface area contributed by atoms with E-state index in [4.69, 9.17) is 11.6 Å². The molecule has 1 heterocycles. The molecule has 0 amide bonds. The minimum atomic E-state index is -0.881. The van der Waals surface area contributed by atoms with Crippen molar-refractivity contribution in [3.63, 3.8) is 0 Å². The molecule has 0 fully saturated rings. The quantitative estimate of drug-likeness (QED) is 0.448. The molecule has 5 nitrogen and oxygen atoms in total. The SMILES string of the molecule is Cc1c(CNCCN(C)Cc2ccccc2)c(C(=O)O)c(C)n1Cc1ccc(Cl)cc1. The number of likely N-dealkylation sites (N-methyl/N-ethyl adjacent to an activating group) is 1. The van der Waals surface area contributed by atoms with Gasteiger partial charge in [0.05, 0.1) is 5.56 Å². The topological polar surface area (TPSA) is 57.5 Å². The Morgan fingerprint density at radius 3 is 2.35 bits per heavy atom. The summed E-state index contributed by atoms with van der Waals surface area (Å²) >= 11 is 5.99. The van der Waals surface area contributed by atoms with Crippen molar-refractivity contribution in [3.8, 4) is 0 Å². The summed E-state index contributed by atoms with van der Waals surface area (Å²) in [6.07, 6.45) is 0. The van der Waals surface area contributed by atoms with Crippen LogP contribution in [0.1, 0.15) is 38.4 Å². The second-order valence-electron chi connectivity index (χ2n) is 7.94. The summed E-state index contributed by atoms with van der Waals surface area (Å²) in [5, 5.41) is 14.0. The monoisotopic (exact) mass is 439 g/mol. The fourth-order valence-corrected chi connectivity index (χ4v) is 4.04. The van der Waals surface area contributed by atoms with E-state index < -0.39 is 5.97 Å². The number of carboxylic acids is 1. The number of carbonyl (C=O) groups is 1. The number of benzene rings is 2. The van der Waals surface area contributed by atoms with E-state index >= 15 is 0 Å². The van der Waals surface area contributed by atoms with Gasteiger partial charge in [0.25, 0.3) is 0 Å². The molecule has 6 heteroatoms. The van der Waals surface area contributed by atoms with Crippen LogP contribution in [0.3, 0.4) is 0 Å². The molecule has 0 spiro atoms. The zero-order valence-corrected chi connectivity index (χ0v) is 19.1. The predicted octanol–water partition coefficient (Wildman–Crippen LogP) is 4.73. The zero-order valence-electron chi connectivity index (χ0n) is 18.4. The Kier molecular flexibility index (Phi) is 7.91. The maximum Gasteiger partial charge on any atom is 0.337 e. The van der Waals surface area contributed by atoms with Crippen molar-refractivity contribution in [1.82, 2.24) is 14.8 Å². The number of rotatable bonds is 10. The normalized spacial score (nSPS) is 11.3. The van der Waals surface area contributed by atoms with Crippen molar-refractivity contribution in [2.24, 2.45) is 0 Å². The van der Waals surface area contributed by atoms with E-state index in [1.165, 1.54) is 5.56 Å². The minimum Gasteiger partial charge on any atom is -0.478 e. The molecule has 0 atom stereocenters. The van der Waals surface area contributed by atoms with Crippen LogP contribution >= 0.6 is 11.6 Å². The summed E-state index contributed by atoms with van der Waals surface area (Å²) in [5.41, 5.74) is 5.38. The highest BCUT2D eigenvalue weighted by Gasteiger charge is 2.22. The lowest BCUT2D eigenvalue weighted by molar-refractivity contribution is 0.0694. The molecule has 0 aliphatic heterocycles. The standard InChI is InChI=1S/C25H30ClN3O2/c1-18-23(15-27-13-14-28(3)16-20-7-5-4-6-8-20)24(25(30)31)19(2)29(18)17-21-9-11-22(26)12-10-21/h4-12,27H,13-17H2,1-3H3,(H,30,31). The molecule has 0 aliphatic carbocycles. The number of hydrogen-bond donors (Lipinski definition) is 2. The Morgan fingerprint density at radius 1 is 1.03 bits per heavy atom. The lowest BCUT2D eigenvalue weighted by Crippen LogP contribution is -2.29. The Morgan fingerprint density at radius 2 is 1.71 bits per heavy atom. The second kappa shape index (κ2) is 10.6. The van der Waals surface area contributed by atoms with Crippen molar-refractivity contribution < 1.29 is 9.90 Å². The number of aromatic nitrogens is 1. The highest BCUT2D eigenvalue weighted by Crippen LogP contribution is 2.24. The molecule has 164 valence electrons. The molecule has 0 unspecified atom stereocenters. The van der Waals surface area contributed by atoms with Crippen LogP contribution < -0.4 is 5.32 Å². The summed E-state index contributed by atoms with van der Waals surface area (Å²) in [6.45, 7) is 7.57. The average molecular weight is 440 g/mol. The number of hydrogen-bond acceptors (Lipinski definition) is 3. The first-order valence-electron chi connectivity index (χ1n) is 10.5. The number of nitrogens with one attached hydrogen (secondary N) is 1. The van der Waals surface area contributed by atoms with Crippen LogP contribution in [0.4, 0.5) is 0 Å². The van der Waals surface area contributed by atoms with Gasteiger partial charge in [-0.25, -0.2) is 4.79 Å². The minimum absolute atomic E-state index is 0.400. The van der Waals surface area contributed by atoms with Gasteiger partial charge in [-0.2, -0.15) is 0 Å². The first kappa shape index (κ1) is 23.1. The second-order valence-corrected chi connectivity index (χ2v) is 8.38. The van der Waals surface area contributed by atoms with Crippen LogP contribution in [-0.2, 0) is 19.6 Å². The molecule has 0 saturated heterocycles. The summed E-state index contributed by atoms with van der Waals surface area (Å²) in [7, 11) is 2.09. The van der Waals surface area contributed by atoms with Crippen LogP contribution in [-0.4, -0.2) is 40.7 Å². The van der Waals surface area contributed by atoms with Gasteiger partial charge in [-0.1, -0.05) is 54.1 Å². The number of halogens is 1. The van der Waals surface area contributed by atoms with E-state index in [0.717, 1.165) is 42.1 Å². The van der Waals surface area contributed by atoms with Gasteiger partial charge in [-0.3, -0.25) is 0 Å². The summed E-state index contributed by atoms with van der Waals surface area (Å²) in [4.78, 5) is 14.2. The van der Waals surface area contributed by atoms with Crippen LogP contribution in [0.15, 0.2) is 54.6 Å². The van der Waals surface area contributed by atoms with E-state index in [2.05, 4.69) is 46.1 Å². The molecule has 1 aromatic heterocycles. The van der Waals surface area contributed by atoms with Gasteiger partial charge in [0.15, 0.2) is 0 Å². The van der Waals surface area contributed by atoms with Gasteiger partial charge in [-0.15, -0.1) is 0 Å². The fraction of sp³-hybridized carbons (Fsp3) is 0.320. The van der Waals surface area contributed by atoms with Crippen LogP contribution in [0.5, 0.6) is 0 Å². The van der Waals surface area contributed by atoms with Gasteiger partial charge in [-0.05, 0) is 44.2 Å². The summed E-state index contributed by atoms with van der Waals surface area (Å²) in [6, 6.07) is 18.0. The zero-order chi connectivity index (χ0) is 22.4. The molecular weight excluding hydrogens is 410 g/mol. The lowest BCUT2D eigenvalue weighted by Gasteiger charge is -2.17. The van der Waals surface area contributed by atoms with Crippen LogP contribution in [0.2, 0.25) is 5.02 Å². The van der Waals surface area contributed by atoms with Crippen molar-refractivity contribution in [1.29, 1.82) is 0 Å². The maximum absolute atomic E-state index is 12.0.